The highest BCUT2D eigenvalue weighted by Crippen LogP contribution is 2.39. The lowest BCUT2D eigenvalue weighted by molar-refractivity contribution is -0.684. The molecular weight excluding hydrogens is 386 g/mol. The molecule has 0 bridgehead atoms. The van der Waals surface area contributed by atoms with Gasteiger partial charge in [-0.1, -0.05) is 0 Å². The topological polar surface area (TPSA) is 62.5 Å². The molecule has 0 unspecified atom stereocenters. The number of esters is 1. The highest BCUT2D eigenvalue weighted by molar-refractivity contribution is 7.17. The van der Waals surface area contributed by atoms with Crippen molar-refractivity contribution < 1.29 is 31.3 Å². The number of amides is 1. The molecule has 1 aliphatic rings. The molecule has 27 heavy (non-hydrogen) atoms. The number of anilines is 2. The smallest absolute Gasteiger partial charge is 0.341 e. The minimum atomic E-state index is -0.342. The van der Waals surface area contributed by atoms with Crippen LogP contribution in [-0.4, -0.2) is 32.6 Å². The first-order chi connectivity index (χ1) is 12.5. The maximum absolute atomic E-state index is 12.5. The molecule has 0 radical (unpaired) electrons. The second-order valence-electron chi connectivity index (χ2n) is 6.45. The van der Waals surface area contributed by atoms with Gasteiger partial charge in [-0.15, -0.1) is 11.3 Å². The van der Waals surface area contributed by atoms with Gasteiger partial charge in [-0.2, -0.15) is 4.57 Å². The summed E-state index contributed by atoms with van der Waals surface area (Å²) in [5.41, 5.74) is 2.67. The Hall–Kier alpha value is -2.12. The van der Waals surface area contributed by atoms with Crippen LogP contribution in [0.1, 0.15) is 34.1 Å². The number of hydrogen-bond acceptors (Lipinski definition) is 5. The Labute approximate surface area is 169 Å². The summed E-state index contributed by atoms with van der Waals surface area (Å²) in [4.78, 5) is 28.0. The van der Waals surface area contributed by atoms with Crippen LogP contribution in [0.25, 0.3) is 0 Å². The van der Waals surface area contributed by atoms with Crippen LogP contribution in [0.3, 0.4) is 0 Å². The van der Waals surface area contributed by atoms with Gasteiger partial charge in [-0.3, -0.25) is 4.79 Å². The molecule has 1 amide bonds. The van der Waals surface area contributed by atoms with Crippen molar-refractivity contribution in [1.29, 1.82) is 0 Å². The maximum Gasteiger partial charge on any atom is 0.341 e. The number of fused-ring (bicyclic) bond motifs is 1. The molecule has 2 aromatic heterocycles. The molecule has 146 valence electrons. The minimum absolute atomic E-state index is 0. The SMILES string of the molecule is CCOC(=O)c1c(NC(=O)C[n+]2ccc(N(C)C)cc2)sc2c1CCC2.[Cl-]. The number of aryl methyl sites for hydroxylation is 1. The number of nitrogens with one attached hydrogen (secondary N) is 1. The number of carbonyl (C=O) groups is 2. The Morgan fingerprint density at radius 3 is 2.59 bits per heavy atom. The standard InChI is InChI=1S/C19H23N3O3S.ClH/c1-4-25-19(24)17-14-6-5-7-15(14)26-18(17)20-16(23)12-22-10-8-13(9-11-22)21(2)3;/h8-11H,4-7,12H2,1-3H3;1H. The zero-order valence-corrected chi connectivity index (χ0v) is 17.3. The van der Waals surface area contributed by atoms with Crippen molar-refractivity contribution >= 4 is 33.9 Å². The van der Waals surface area contributed by atoms with Gasteiger partial charge >= 0.3 is 5.97 Å². The van der Waals surface area contributed by atoms with E-state index in [9.17, 15) is 9.59 Å². The van der Waals surface area contributed by atoms with E-state index >= 15 is 0 Å². The van der Waals surface area contributed by atoms with E-state index < -0.39 is 0 Å². The Kier molecular flexibility index (Phi) is 7.21. The normalized spacial score (nSPS) is 12.1. The van der Waals surface area contributed by atoms with Gasteiger partial charge in [-0.05, 0) is 31.7 Å². The third-order valence-electron chi connectivity index (χ3n) is 4.37. The largest absolute Gasteiger partial charge is 1.00 e. The molecule has 6 nitrogen and oxygen atoms in total. The summed E-state index contributed by atoms with van der Waals surface area (Å²) in [5.74, 6) is -0.497. The van der Waals surface area contributed by atoms with Crippen molar-refractivity contribution in [3.05, 3.63) is 40.5 Å². The molecule has 0 spiro atoms. The van der Waals surface area contributed by atoms with Gasteiger partial charge in [0, 0.05) is 36.8 Å². The first-order valence-corrected chi connectivity index (χ1v) is 9.59. The van der Waals surface area contributed by atoms with Crippen LogP contribution in [0.5, 0.6) is 0 Å². The molecule has 0 saturated heterocycles. The molecule has 0 aromatic carbocycles. The summed E-state index contributed by atoms with van der Waals surface area (Å²) in [7, 11) is 3.94. The first kappa shape index (κ1) is 21.2. The lowest BCUT2D eigenvalue weighted by Crippen LogP contribution is -3.00. The lowest BCUT2D eigenvalue weighted by atomic mass is 10.1. The third-order valence-corrected chi connectivity index (χ3v) is 5.58. The molecule has 2 aromatic rings. The number of rotatable bonds is 6. The second kappa shape index (κ2) is 9.19. The van der Waals surface area contributed by atoms with Gasteiger partial charge in [0.15, 0.2) is 12.4 Å². The van der Waals surface area contributed by atoms with E-state index in [1.54, 1.807) is 6.92 Å². The first-order valence-electron chi connectivity index (χ1n) is 8.77. The highest BCUT2D eigenvalue weighted by atomic mass is 35.5. The van der Waals surface area contributed by atoms with Crippen LogP contribution < -0.4 is 27.2 Å². The number of halogens is 1. The average molecular weight is 410 g/mol. The third kappa shape index (κ3) is 4.78. The Bertz CT molecular complexity index is 818. The predicted octanol–water partition coefficient (Wildman–Crippen LogP) is -0.590. The van der Waals surface area contributed by atoms with E-state index in [4.69, 9.17) is 4.74 Å². The van der Waals surface area contributed by atoms with Gasteiger partial charge in [0.2, 0.25) is 6.54 Å². The predicted molar refractivity (Wildman–Crippen MR) is 102 cm³/mol. The van der Waals surface area contributed by atoms with E-state index in [0.717, 1.165) is 30.5 Å². The van der Waals surface area contributed by atoms with E-state index in [-0.39, 0.29) is 30.8 Å². The summed E-state index contributed by atoms with van der Waals surface area (Å²) in [5, 5.41) is 3.53. The lowest BCUT2D eigenvalue weighted by Gasteiger charge is -2.10. The van der Waals surface area contributed by atoms with Crippen LogP contribution in [0.2, 0.25) is 0 Å². The molecule has 3 rings (SSSR count). The van der Waals surface area contributed by atoms with Crippen LogP contribution in [0, 0.1) is 0 Å². The maximum atomic E-state index is 12.5. The fourth-order valence-electron chi connectivity index (χ4n) is 3.10. The number of nitrogens with zero attached hydrogens (tertiary/aromatic N) is 2. The van der Waals surface area contributed by atoms with Gasteiger partial charge in [0.05, 0.1) is 12.2 Å². The summed E-state index contributed by atoms with van der Waals surface area (Å²) in [6, 6.07) is 3.91. The number of aromatic nitrogens is 1. The van der Waals surface area contributed by atoms with E-state index in [1.165, 1.54) is 16.2 Å². The monoisotopic (exact) mass is 409 g/mol. The van der Waals surface area contributed by atoms with Crippen molar-refractivity contribution in [2.75, 3.05) is 30.9 Å². The Morgan fingerprint density at radius 1 is 1.26 bits per heavy atom. The molecule has 0 fully saturated rings. The Balaban J connectivity index is 0.00000261. The van der Waals surface area contributed by atoms with Crippen LogP contribution >= 0.6 is 11.3 Å². The summed E-state index contributed by atoms with van der Waals surface area (Å²) in [6.45, 7) is 2.31. The number of ether oxygens (including phenoxy) is 1. The molecule has 0 aliphatic heterocycles. The van der Waals surface area contributed by atoms with Gasteiger partial charge < -0.3 is 27.4 Å². The molecule has 0 saturated carbocycles. The molecule has 1 aliphatic carbocycles. The van der Waals surface area contributed by atoms with E-state index in [2.05, 4.69) is 5.32 Å². The zero-order chi connectivity index (χ0) is 18.7. The van der Waals surface area contributed by atoms with Crippen molar-refractivity contribution in [3.63, 3.8) is 0 Å². The number of pyridine rings is 1. The fourth-order valence-corrected chi connectivity index (χ4v) is 4.39. The van der Waals surface area contributed by atoms with Crippen LogP contribution in [-0.2, 0) is 28.9 Å². The Morgan fingerprint density at radius 2 is 1.96 bits per heavy atom. The number of carbonyl (C=O) groups excluding carboxylic acids is 2. The van der Waals surface area contributed by atoms with Crippen LogP contribution in [0.4, 0.5) is 10.7 Å². The number of thiophene rings is 1. The fraction of sp³-hybridized carbons (Fsp3) is 0.421. The minimum Gasteiger partial charge on any atom is -1.00 e. The van der Waals surface area contributed by atoms with Crippen molar-refractivity contribution in [1.82, 2.24) is 0 Å². The van der Waals surface area contributed by atoms with E-state index in [0.29, 0.717) is 17.2 Å². The van der Waals surface area contributed by atoms with Gasteiger partial charge in [-0.25, -0.2) is 4.79 Å². The van der Waals surface area contributed by atoms with Gasteiger partial charge in [0.1, 0.15) is 5.00 Å². The van der Waals surface area contributed by atoms with Gasteiger partial charge in [0.25, 0.3) is 5.91 Å². The molecule has 1 N–H and O–H groups in total. The molecule has 0 atom stereocenters. The van der Waals surface area contributed by atoms with Crippen molar-refractivity contribution in [2.45, 2.75) is 32.7 Å². The second-order valence-corrected chi connectivity index (χ2v) is 7.56. The molecular formula is C19H24ClN3O3S. The van der Waals surface area contributed by atoms with E-state index in [1.807, 2.05) is 48.1 Å². The van der Waals surface area contributed by atoms with Crippen LogP contribution in [0.15, 0.2) is 24.5 Å². The zero-order valence-electron chi connectivity index (χ0n) is 15.8. The van der Waals surface area contributed by atoms with Crippen molar-refractivity contribution in [2.24, 2.45) is 0 Å². The number of hydrogen-bond donors (Lipinski definition) is 1. The highest BCUT2D eigenvalue weighted by Gasteiger charge is 2.28. The summed E-state index contributed by atoms with van der Waals surface area (Å²) in [6.07, 6.45) is 6.63. The average Bonchev–Trinajstić information content (AvgIpc) is 3.15. The molecule has 8 heteroatoms. The van der Waals surface area contributed by atoms with Crippen molar-refractivity contribution in [3.8, 4) is 0 Å². The molecule has 2 heterocycles. The summed E-state index contributed by atoms with van der Waals surface area (Å²) < 4.78 is 7.01. The summed E-state index contributed by atoms with van der Waals surface area (Å²) >= 11 is 1.50. The quantitative estimate of drug-likeness (QED) is 0.511.